The second-order valence-corrected chi connectivity index (χ2v) is 6.58. The van der Waals surface area contributed by atoms with E-state index in [-0.39, 0.29) is 17.8 Å². The molecule has 0 aliphatic rings. The van der Waals surface area contributed by atoms with Crippen LogP contribution in [0.15, 0.2) is 6.20 Å². The van der Waals surface area contributed by atoms with Crippen LogP contribution in [0.3, 0.4) is 0 Å². The summed E-state index contributed by atoms with van der Waals surface area (Å²) < 4.78 is 0. The molecule has 0 aliphatic carbocycles. The molecular formula is C17H30N2O2. The van der Waals surface area contributed by atoms with Gasteiger partial charge in [0, 0.05) is 30.4 Å². The fourth-order valence-electron chi connectivity index (χ4n) is 2.49. The molecular weight excluding hydrogens is 264 g/mol. The molecule has 21 heavy (non-hydrogen) atoms. The zero-order valence-corrected chi connectivity index (χ0v) is 13.9. The molecule has 0 saturated heterocycles. The maximum Gasteiger partial charge on any atom is 0.141 e. The third-order valence-electron chi connectivity index (χ3n) is 3.96. The number of aliphatic hydroxyl groups is 1. The zero-order valence-electron chi connectivity index (χ0n) is 13.9. The molecule has 1 rings (SSSR count). The summed E-state index contributed by atoms with van der Waals surface area (Å²) >= 11 is 0. The van der Waals surface area contributed by atoms with Gasteiger partial charge >= 0.3 is 0 Å². The average molecular weight is 294 g/mol. The summed E-state index contributed by atoms with van der Waals surface area (Å²) in [7, 11) is 0. The number of unbranched alkanes of at least 4 members (excludes halogenated alkanes) is 2. The van der Waals surface area contributed by atoms with Gasteiger partial charge in [0.25, 0.3) is 0 Å². The number of aromatic hydroxyl groups is 1. The summed E-state index contributed by atoms with van der Waals surface area (Å²) in [5, 5.41) is 22.9. The van der Waals surface area contributed by atoms with Gasteiger partial charge in [-0.15, -0.1) is 0 Å². The Kier molecular flexibility index (Phi) is 7.12. The summed E-state index contributed by atoms with van der Waals surface area (Å²) in [6.07, 6.45) is 6.61. The number of aromatic nitrogens is 1. The Morgan fingerprint density at radius 2 is 2.00 bits per heavy atom. The number of nitrogens with one attached hydrogen (secondary N) is 1. The minimum atomic E-state index is -0.0995. The summed E-state index contributed by atoms with van der Waals surface area (Å²) in [6, 6.07) is 0. The van der Waals surface area contributed by atoms with Crippen molar-refractivity contribution in [2.45, 2.75) is 66.5 Å². The molecule has 0 aromatic carbocycles. The normalized spacial score (nSPS) is 11.9. The van der Waals surface area contributed by atoms with Gasteiger partial charge in [-0.2, -0.15) is 0 Å². The first kappa shape index (κ1) is 17.9. The van der Waals surface area contributed by atoms with Gasteiger partial charge in [0.1, 0.15) is 5.75 Å². The molecule has 0 atom stereocenters. The van der Waals surface area contributed by atoms with E-state index in [9.17, 15) is 10.2 Å². The maximum absolute atomic E-state index is 10.1. The Morgan fingerprint density at radius 3 is 2.62 bits per heavy atom. The van der Waals surface area contributed by atoms with E-state index < -0.39 is 0 Å². The smallest absolute Gasteiger partial charge is 0.141 e. The summed E-state index contributed by atoms with van der Waals surface area (Å²) in [5.74, 6) is 0.192. The van der Waals surface area contributed by atoms with Crippen LogP contribution >= 0.6 is 0 Å². The molecule has 0 radical (unpaired) electrons. The van der Waals surface area contributed by atoms with Gasteiger partial charge in [-0.1, -0.05) is 40.0 Å². The molecule has 0 unspecified atom stereocenters. The second-order valence-electron chi connectivity index (χ2n) is 6.58. The predicted octanol–water partition coefficient (Wildman–Crippen LogP) is 3.28. The van der Waals surface area contributed by atoms with Crippen molar-refractivity contribution in [2.75, 3.05) is 6.54 Å². The quantitative estimate of drug-likeness (QED) is 0.612. The summed E-state index contributed by atoms with van der Waals surface area (Å²) in [4.78, 5) is 4.08. The number of rotatable bonds is 9. The van der Waals surface area contributed by atoms with Crippen molar-refractivity contribution in [3.05, 3.63) is 23.0 Å². The van der Waals surface area contributed by atoms with Crippen LogP contribution in [-0.4, -0.2) is 21.7 Å². The van der Waals surface area contributed by atoms with Crippen molar-refractivity contribution in [1.29, 1.82) is 0 Å². The van der Waals surface area contributed by atoms with Crippen molar-refractivity contribution in [3.63, 3.8) is 0 Å². The molecule has 4 nitrogen and oxygen atoms in total. The molecule has 1 aromatic rings. The molecule has 0 saturated carbocycles. The first-order valence-electron chi connectivity index (χ1n) is 7.89. The molecule has 0 spiro atoms. The van der Waals surface area contributed by atoms with Gasteiger partial charge in [-0.05, 0) is 18.8 Å². The molecule has 3 N–H and O–H groups in total. The lowest BCUT2D eigenvalue weighted by Crippen LogP contribution is -2.29. The Bertz CT molecular complexity index is 445. The second kappa shape index (κ2) is 8.35. The van der Waals surface area contributed by atoms with Gasteiger partial charge in [-0.3, -0.25) is 4.98 Å². The average Bonchev–Trinajstić information content (AvgIpc) is 2.43. The van der Waals surface area contributed by atoms with Crippen LogP contribution in [-0.2, 0) is 13.2 Å². The lowest BCUT2D eigenvalue weighted by Gasteiger charge is -2.25. The standard InChI is InChI=1S/C17H30N2O2/c1-5-6-7-8-17(3,4)12-18-10-15-14(11-20)9-19-13(2)16(15)21/h9,18,20-21H,5-8,10-12H2,1-4H3. The zero-order chi connectivity index (χ0) is 15.9. The fraction of sp³-hybridized carbons (Fsp3) is 0.706. The van der Waals surface area contributed by atoms with Crippen LogP contribution in [0.1, 0.15) is 63.3 Å². The minimum Gasteiger partial charge on any atom is -0.506 e. The molecule has 1 aromatic heterocycles. The maximum atomic E-state index is 10.1. The Labute approximate surface area is 128 Å². The van der Waals surface area contributed by atoms with E-state index in [2.05, 4.69) is 31.1 Å². The third kappa shape index (κ3) is 5.64. The van der Waals surface area contributed by atoms with E-state index >= 15 is 0 Å². The first-order chi connectivity index (χ1) is 9.91. The Morgan fingerprint density at radius 1 is 1.29 bits per heavy atom. The van der Waals surface area contributed by atoms with Crippen molar-refractivity contribution >= 4 is 0 Å². The van der Waals surface area contributed by atoms with Gasteiger partial charge in [0.05, 0.1) is 12.3 Å². The Balaban J connectivity index is 2.57. The van der Waals surface area contributed by atoms with Crippen LogP contribution in [0.4, 0.5) is 0 Å². The largest absolute Gasteiger partial charge is 0.506 e. The molecule has 0 aliphatic heterocycles. The van der Waals surface area contributed by atoms with E-state index in [0.29, 0.717) is 17.8 Å². The third-order valence-corrected chi connectivity index (χ3v) is 3.96. The minimum absolute atomic E-state index is 0.0995. The SMILES string of the molecule is CCCCCC(C)(C)CNCc1c(CO)cnc(C)c1O. The van der Waals surface area contributed by atoms with E-state index in [4.69, 9.17) is 0 Å². The number of aryl methyl sites for hydroxylation is 1. The topological polar surface area (TPSA) is 65.4 Å². The molecule has 4 heteroatoms. The molecule has 0 amide bonds. The number of hydrogen-bond donors (Lipinski definition) is 3. The van der Waals surface area contributed by atoms with Crippen LogP contribution in [0.5, 0.6) is 5.75 Å². The molecule has 120 valence electrons. The van der Waals surface area contributed by atoms with Crippen molar-refractivity contribution in [1.82, 2.24) is 10.3 Å². The van der Waals surface area contributed by atoms with Crippen LogP contribution in [0.25, 0.3) is 0 Å². The van der Waals surface area contributed by atoms with Gasteiger partial charge in [0.15, 0.2) is 0 Å². The van der Waals surface area contributed by atoms with Crippen LogP contribution in [0.2, 0.25) is 0 Å². The van der Waals surface area contributed by atoms with Crippen molar-refractivity contribution in [2.24, 2.45) is 5.41 Å². The molecule has 0 fully saturated rings. The van der Waals surface area contributed by atoms with Crippen LogP contribution in [0, 0.1) is 12.3 Å². The lowest BCUT2D eigenvalue weighted by atomic mass is 9.87. The van der Waals surface area contributed by atoms with Gasteiger partial charge < -0.3 is 15.5 Å². The highest BCUT2D eigenvalue weighted by Gasteiger charge is 2.18. The highest BCUT2D eigenvalue weighted by molar-refractivity contribution is 5.40. The molecule has 0 bridgehead atoms. The van der Waals surface area contributed by atoms with Crippen molar-refractivity contribution < 1.29 is 10.2 Å². The predicted molar refractivity (Wildman–Crippen MR) is 86.2 cm³/mol. The van der Waals surface area contributed by atoms with E-state index in [0.717, 1.165) is 12.1 Å². The molecule has 1 heterocycles. The van der Waals surface area contributed by atoms with E-state index in [1.807, 2.05) is 0 Å². The Hall–Kier alpha value is -1.13. The van der Waals surface area contributed by atoms with E-state index in [1.54, 1.807) is 13.1 Å². The fourth-order valence-corrected chi connectivity index (χ4v) is 2.49. The number of nitrogens with zero attached hydrogens (tertiary/aromatic N) is 1. The van der Waals surface area contributed by atoms with Gasteiger partial charge in [-0.25, -0.2) is 0 Å². The number of hydrogen-bond acceptors (Lipinski definition) is 4. The van der Waals surface area contributed by atoms with Gasteiger partial charge in [0.2, 0.25) is 0 Å². The summed E-state index contributed by atoms with van der Waals surface area (Å²) in [5.41, 5.74) is 2.29. The van der Waals surface area contributed by atoms with Crippen LogP contribution < -0.4 is 5.32 Å². The monoisotopic (exact) mass is 294 g/mol. The lowest BCUT2D eigenvalue weighted by molar-refractivity contribution is 0.276. The number of pyridine rings is 1. The highest BCUT2D eigenvalue weighted by Crippen LogP contribution is 2.25. The van der Waals surface area contributed by atoms with E-state index in [1.165, 1.54) is 25.7 Å². The summed E-state index contributed by atoms with van der Waals surface area (Å²) in [6.45, 7) is 9.87. The first-order valence-corrected chi connectivity index (χ1v) is 7.89. The highest BCUT2D eigenvalue weighted by atomic mass is 16.3. The van der Waals surface area contributed by atoms with Crippen molar-refractivity contribution in [3.8, 4) is 5.75 Å². The number of aliphatic hydroxyl groups excluding tert-OH is 1.